The van der Waals surface area contributed by atoms with Gasteiger partial charge in [0.2, 0.25) is 6.79 Å². The van der Waals surface area contributed by atoms with Crippen molar-refractivity contribution in [1.29, 1.82) is 0 Å². The number of hydrogen-bond donors (Lipinski definition) is 0. The van der Waals surface area contributed by atoms with Crippen LogP contribution in [0.2, 0.25) is 0 Å². The molecule has 290 valence electrons. The number of aromatic nitrogens is 3. The second-order valence-electron chi connectivity index (χ2n) is 13.1. The van der Waals surface area contributed by atoms with Gasteiger partial charge in [-0.1, -0.05) is 11.3 Å². The molecule has 0 N–H and O–H groups in total. The van der Waals surface area contributed by atoms with Crippen LogP contribution in [0.4, 0.5) is 0 Å². The molecule has 0 radical (unpaired) electrons. The Morgan fingerprint density at radius 1 is 0.836 bits per heavy atom. The number of aryl methyl sites for hydroxylation is 1. The lowest BCUT2D eigenvalue weighted by atomic mass is 9.89. The zero-order chi connectivity index (χ0) is 39.0. The van der Waals surface area contributed by atoms with Crippen molar-refractivity contribution in [2.75, 3.05) is 27.6 Å². The summed E-state index contributed by atoms with van der Waals surface area (Å²) in [5.41, 5.74) is 2.89. The Morgan fingerprint density at radius 2 is 1.51 bits per heavy atom. The molecule has 55 heavy (non-hydrogen) atoms. The van der Waals surface area contributed by atoms with Crippen LogP contribution in [-0.2, 0) is 51.1 Å². The van der Waals surface area contributed by atoms with Gasteiger partial charge in [-0.2, -0.15) is 0 Å². The Hall–Kier alpha value is -6.10. The molecule has 17 nitrogen and oxygen atoms in total. The number of hydrogen-bond acceptors (Lipinski definition) is 16. The van der Waals surface area contributed by atoms with Gasteiger partial charge in [-0.3, -0.25) is 14.4 Å². The summed E-state index contributed by atoms with van der Waals surface area (Å²) in [6, 6.07) is 9.11. The van der Waals surface area contributed by atoms with Crippen LogP contribution in [0.1, 0.15) is 62.0 Å². The van der Waals surface area contributed by atoms with Gasteiger partial charge in [0.05, 0.1) is 44.4 Å². The second-order valence-corrected chi connectivity index (χ2v) is 13.1. The molecule has 1 fully saturated rings. The highest BCUT2D eigenvalue weighted by atomic mass is 16.7. The zero-order valence-electron chi connectivity index (χ0n) is 30.9. The summed E-state index contributed by atoms with van der Waals surface area (Å²) in [5, 5.41) is 9.87. The summed E-state index contributed by atoms with van der Waals surface area (Å²) in [4.78, 5) is 49.5. The van der Waals surface area contributed by atoms with Crippen LogP contribution in [-0.4, -0.2) is 90.9 Å². The van der Waals surface area contributed by atoms with Gasteiger partial charge in [0.25, 0.3) is 0 Å². The van der Waals surface area contributed by atoms with Crippen LogP contribution >= 0.6 is 0 Å². The number of cyclic esters (lactones) is 1. The van der Waals surface area contributed by atoms with Crippen LogP contribution < -0.4 is 23.7 Å². The maximum Gasteiger partial charge on any atom is 0.339 e. The number of carbonyl (C=O) groups is 4. The van der Waals surface area contributed by atoms with Crippen molar-refractivity contribution in [2.24, 2.45) is 0 Å². The zero-order valence-corrected chi connectivity index (χ0v) is 30.9. The Bertz CT molecular complexity index is 2170. The van der Waals surface area contributed by atoms with E-state index in [4.69, 9.17) is 47.4 Å². The van der Waals surface area contributed by atoms with E-state index in [1.165, 1.54) is 32.6 Å². The predicted octanol–water partition coefficient (Wildman–Crippen LogP) is 4.24. The third kappa shape index (κ3) is 7.26. The smallest absolute Gasteiger partial charge is 0.339 e. The first-order valence-corrected chi connectivity index (χ1v) is 17.5. The van der Waals surface area contributed by atoms with Gasteiger partial charge < -0.3 is 47.4 Å². The van der Waals surface area contributed by atoms with Crippen LogP contribution in [0.25, 0.3) is 21.9 Å². The minimum atomic E-state index is -1.21. The lowest BCUT2D eigenvalue weighted by molar-refractivity contribution is -0.261. The van der Waals surface area contributed by atoms with Gasteiger partial charge in [0.1, 0.15) is 12.4 Å². The molecule has 1 aromatic heterocycles. The highest BCUT2D eigenvalue weighted by Gasteiger charge is 2.51. The van der Waals surface area contributed by atoms with Gasteiger partial charge in [0, 0.05) is 37.3 Å². The van der Waals surface area contributed by atoms with Gasteiger partial charge >= 0.3 is 23.9 Å². The molecule has 4 aromatic rings. The Balaban J connectivity index is 1.15. The van der Waals surface area contributed by atoms with Crippen molar-refractivity contribution in [3.05, 3.63) is 53.3 Å². The van der Waals surface area contributed by atoms with E-state index in [2.05, 4.69) is 10.3 Å². The molecule has 0 unspecified atom stereocenters. The first-order chi connectivity index (χ1) is 26.5. The fourth-order valence-electron chi connectivity index (χ4n) is 7.11. The van der Waals surface area contributed by atoms with E-state index >= 15 is 0 Å². The maximum atomic E-state index is 13.4. The molecule has 3 aliphatic heterocycles. The lowest BCUT2D eigenvalue weighted by Gasteiger charge is -2.43. The number of nitrogens with zero attached hydrogens (tertiary/aromatic N) is 3. The van der Waals surface area contributed by atoms with Crippen LogP contribution in [0.15, 0.2) is 36.5 Å². The van der Waals surface area contributed by atoms with Crippen molar-refractivity contribution in [1.82, 2.24) is 15.0 Å². The van der Waals surface area contributed by atoms with E-state index in [0.29, 0.717) is 74.7 Å². The fraction of sp³-hybridized carbons (Fsp3) is 0.421. The Morgan fingerprint density at radius 3 is 2.22 bits per heavy atom. The summed E-state index contributed by atoms with van der Waals surface area (Å²) in [6.07, 6.45) is -2.76. The first-order valence-electron chi connectivity index (χ1n) is 17.5. The highest BCUT2D eigenvalue weighted by molar-refractivity contribution is 6.14. The molecule has 0 amide bonds. The third-order valence-electron chi connectivity index (χ3n) is 9.37. The highest BCUT2D eigenvalue weighted by Crippen LogP contribution is 2.49. The SMILES string of the molecule is COc1cc2c(OCCCc3cn([C@H]4O[C@@H](C)[C@H](OC(C)=O)[C@@H](OC(C)=O)[C@H]4OC(C)=O)nn3)c3c(c(-c4ccc5c(c4)OCO5)c2cc1OC)C(=O)OC3. The largest absolute Gasteiger partial charge is 0.493 e. The molecule has 1 saturated heterocycles. The minimum absolute atomic E-state index is 0.00955. The number of fused-ring (bicyclic) bond motifs is 3. The van der Waals surface area contributed by atoms with E-state index in [1.54, 1.807) is 26.3 Å². The summed E-state index contributed by atoms with van der Waals surface area (Å²) in [7, 11) is 3.08. The van der Waals surface area contributed by atoms with Gasteiger partial charge in [0.15, 0.2) is 47.5 Å². The topological polar surface area (TPSA) is 191 Å². The fourth-order valence-corrected chi connectivity index (χ4v) is 7.11. The molecule has 7 rings (SSSR count). The molecule has 4 heterocycles. The summed E-state index contributed by atoms with van der Waals surface area (Å²) in [6.45, 7) is 5.58. The van der Waals surface area contributed by atoms with E-state index in [0.717, 1.165) is 5.56 Å². The van der Waals surface area contributed by atoms with Crippen molar-refractivity contribution in [3.8, 4) is 39.9 Å². The minimum Gasteiger partial charge on any atom is -0.493 e. The first kappa shape index (κ1) is 37.2. The van der Waals surface area contributed by atoms with Crippen molar-refractivity contribution in [3.63, 3.8) is 0 Å². The lowest BCUT2D eigenvalue weighted by Crippen LogP contribution is -2.58. The third-order valence-corrected chi connectivity index (χ3v) is 9.37. The molecule has 3 aliphatic rings. The molecule has 3 aromatic carbocycles. The molecular formula is C38H39N3O14. The van der Waals surface area contributed by atoms with Gasteiger partial charge in [-0.15, -0.1) is 5.10 Å². The maximum absolute atomic E-state index is 13.4. The number of benzene rings is 3. The molecule has 0 bridgehead atoms. The van der Waals surface area contributed by atoms with Crippen LogP contribution in [0, 0.1) is 0 Å². The number of esters is 4. The van der Waals surface area contributed by atoms with Gasteiger partial charge in [-0.25, -0.2) is 9.48 Å². The van der Waals surface area contributed by atoms with Crippen molar-refractivity contribution in [2.45, 2.75) is 77.8 Å². The monoisotopic (exact) mass is 761 g/mol. The summed E-state index contributed by atoms with van der Waals surface area (Å²) < 4.78 is 58.5. The number of ether oxygens (including phenoxy) is 10. The van der Waals surface area contributed by atoms with E-state index in [1.807, 2.05) is 24.3 Å². The normalized spacial score (nSPS) is 21.1. The van der Waals surface area contributed by atoms with Crippen LogP contribution in [0.3, 0.4) is 0 Å². The number of carbonyl (C=O) groups excluding carboxylic acids is 4. The quantitative estimate of drug-likeness (QED) is 0.113. The number of rotatable bonds is 12. The Kier molecular flexibility index (Phi) is 10.4. The standard InChI is InChI=1S/C38H39N3O14/c1-18-33(53-19(2)42)35(54-20(3)43)36(55-21(4)44)37(52-18)41-15-23(39-40-41)8-7-11-48-34-25-14-29(47-6)28(46-5)13-24(25)31(32-26(34)16-49-38(32)45)22-9-10-27-30(12-22)51-17-50-27/h9-10,12-15,18,33,35-37H,7-8,11,16-17H2,1-6H3/t18-,33-,35+,36+,37-/m0/s1. The predicted molar refractivity (Wildman–Crippen MR) is 188 cm³/mol. The average Bonchev–Trinajstić information content (AvgIpc) is 3.91. The summed E-state index contributed by atoms with van der Waals surface area (Å²) in [5.74, 6) is 0.127. The van der Waals surface area contributed by atoms with Crippen LogP contribution in [0.5, 0.6) is 28.7 Å². The molecule has 17 heteroatoms. The molecular weight excluding hydrogens is 722 g/mol. The molecule has 0 saturated carbocycles. The van der Waals surface area contributed by atoms with E-state index in [-0.39, 0.29) is 20.0 Å². The second kappa shape index (κ2) is 15.3. The molecule has 0 aliphatic carbocycles. The number of methoxy groups -OCH3 is 2. The Labute approximate surface area is 314 Å². The van der Waals surface area contributed by atoms with E-state index in [9.17, 15) is 19.2 Å². The summed E-state index contributed by atoms with van der Waals surface area (Å²) >= 11 is 0. The average molecular weight is 762 g/mol. The molecule has 5 atom stereocenters. The van der Waals surface area contributed by atoms with E-state index < -0.39 is 54.5 Å². The van der Waals surface area contributed by atoms with Gasteiger partial charge in [-0.05, 0) is 55.0 Å². The van der Waals surface area contributed by atoms with Crippen molar-refractivity contribution >= 4 is 34.6 Å². The molecule has 0 spiro atoms. The van der Waals surface area contributed by atoms with Crippen molar-refractivity contribution < 1.29 is 66.5 Å².